The van der Waals surface area contributed by atoms with Crippen molar-refractivity contribution in [3.63, 3.8) is 0 Å². The number of esters is 1. The number of carbonyl (C=O) groups is 1. The highest BCUT2D eigenvalue weighted by Gasteiger charge is 2.33. The fraction of sp³-hybridized carbons (Fsp3) is 0.167. The Labute approximate surface area is 244 Å². The monoisotopic (exact) mass is 594 g/mol. The molecular weight excluding hydrogens is 575 g/mol. The number of aromatic nitrogens is 2. The zero-order valence-corrected chi connectivity index (χ0v) is 23.4. The van der Waals surface area contributed by atoms with Crippen LogP contribution in [0.3, 0.4) is 0 Å². The van der Waals surface area contributed by atoms with Crippen molar-refractivity contribution in [3.8, 4) is 39.6 Å². The first kappa shape index (κ1) is 26.4. The summed E-state index contributed by atoms with van der Waals surface area (Å²) in [5, 5.41) is 9.85. The molecule has 7 nitrogen and oxygen atoms in total. The Morgan fingerprint density at radius 3 is 2.42 bits per heavy atom. The summed E-state index contributed by atoms with van der Waals surface area (Å²) in [6.45, 7) is 0.199. The minimum Gasteiger partial charge on any atom is -0.489 e. The summed E-state index contributed by atoms with van der Waals surface area (Å²) < 4.78 is 22.2. The maximum absolute atomic E-state index is 11.9. The minimum atomic E-state index is -0.429. The van der Waals surface area contributed by atoms with Crippen molar-refractivity contribution in [3.05, 3.63) is 98.7 Å². The molecule has 0 aliphatic heterocycles. The molecule has 0 saturated heterocycles. The van der Waals surface area contributed by atoms with Crippen LogP contribution in [-0.2, 0) is 11.3 Å². The van der Waals surface area contributed by atoms with Crippen LogP contribution in [0.1, 0.15) is 40.4 Å². The van der Waals surface area contributed by atoms with E-state index in [1.54, 1.807) is 60.7 Å². The summed E-state index contributed by atoms with van der Waals surface area (Å²) in [7, 11) is 1.34. The summed E-state index contributed by atoms with van der Waals surface area (Å²) in [4.78, 5) is 11.9. The second-order valence-electron chi connectivity index (χ2n) is 9.32. The molecular formula is C30H21Cl3N2O5. The van der Waals surface area contributed by atoms with Gasteiger partial charge in [-0.05, 0) is 55.3 Å². The smallest absolute Gasteiger partial charge is 0.337 e. The number of carbonyl (C=O) groups excluding carboxylic acids is 1. The zero-order chi connectivity index (χ0) is 27.8. The lowest BCUT2D eigenvalue weighted by molar-refractivity contribution is 0.0600. The summed E-state index contributed by atoms with van der Waals surface area (Å²) in [5.74, 6) is 1.70. The normalized spacial score (nSPS) is 12.9. The van der Waals surface area contributed by atoms with E-state index in [9.17, 15) is 4.79 Å². The molecule has 40 heavy (non-hydrogen) atoms. The molecule has 0 radical (unpaired) electrons. The molecule has 2 heterocycles. The van der Waals surface area contributed by atoms with Gasteiger partial charge in [-0.3, -0.25) is 0 Å². The summed E-state index contributed by atoms with van der Waals surface area (Å²) >= 11 is 19.6. The van der Waals surface area contributed by atoms with E-state index in [4.69, 9.17) is 53.3 Å². The number of benzene rings is 3. The molecule has 0 N–H and O–H groups in total. The lowest BCUT2D eigenvalue weighted by Gasteiger charge is -2.10. The lowest BCUT2D eigenvalue weighted by Crippen LogP contribution is -2.00. The summed E-state index contributed by atoms with van der Waals surface area (Å²) in [6.07, 6.45) is 2.06. The number of hydrogen-bond acceptors (Lipinski definition) is 7. The van der Waals surface area contributed by atoms with Crippen molar-refractivity contribution >= 4 is 40.8 Å². The van der Waals surface area contributed by atoms with E-state index in [0.717, 1.165) is 24.2 Å². The third-order valence-electron chi connectivity index (χ3n) is 6.65. The molecule has 2 aromatic heterocycles. The molecule has 202 valence electrons. The summed E-state index contributed by atoms with van der Waals surface area (Å²) in [5.41, 5.74) is 4.33. The fourth-order valence-electron chi connectivity index (χ4n) is 4.45. The van der Waals surface area contributed by atoms with Gasteiger partial charge < -0.3 is 18.5 Å². The van der Waals surface area contributed by atoms with Gasteiger partial charge in [0.25, 0.3) is 0 Å². The van der Waals surface area contributed by atoms with Gasteiger partial charge in [-0.2, -0.15) is 0 Å². The van der Waals surface area contributed by atoms with Crippen LogP contribution < -0.4 is 4.74 Å². The van der Waals surface area contributed by atoms with Crippen molar-refractivity contribution in [2.75, 3.05) is 7.11 Å². The van der Waals surface area contributed by atoms with Crippen LogP contribution in [0.5, 0.6) is 5.75 Å². The molecule has 0 atom stereocenters. The van der Waals surface area contributed by atoms with Crippen LogP contribution in [0, 0.1) is 0 Å². The highest BCUT2D eigenvalue weighted by Crippen LogP contribution is 2.46. The third kappa shape index (κ3) is 5.20. The second kappa shape index (κ2) is 11.0. The Kier molecular flexibility index (Phi) is 7.27. The predicted molar refractivity (Wildman–Crippen MR) is 152 cm³/mol. The Hall–Kier alpha value is -3.78. The van der Waals surface area contributed by atoms with Crippen LogP contribution in [0.2, 0.25) is 15.1 Å². The first-order valence-corrected chi connectivity index (χ1v) is 13.6. The van der Waals surface area contributed by atoms with Crippen molar-refractivity contribution in [2.45, 2.75) is 25.4 Å². The molecule has 5 aromatic rings. The van der Waals surface area contributed by atoms with Crippen molar-refractivity contribution < 1.29 is 23.3 Å². The van der Waals surface area contributed by atoms with Gasteiger partial charge in [-0.15, -0.1) is 0 Å². The van der Waals surface area contributed by atoms with Gasteiger partial charge in [0.05, 0.1) is 33.3 Å². The van der Waals surface area contributed by atoms with Gasteiger partial charge in [0.1, 0.15) is 29.5 Å². The van der Waals surface area contributed by atoms with Crippen molar-refractivity contribution in [1.29, 1.82) is 0 Å². The van der Waals surface area contributed by atoms with E-state index >= 15 is 0 Å². The highest BCUT2D eigenvalue weighted by atomic mass is 35.5. The van der Waals surface area contributed by atoms with E-state index in [2.05, 4.69) is 10.3 Å². The van der Waals surface area contributed by atoms with Gasteiger partial charge >= 0.3 is 5.97 Å². The predicted octanol–water partition coefficient (Wildman–Crippen LogP) is 8.87. The standard InChI is InChI=1S/C30H21Cl3N2O5/c1-37-30(36)18-5-2-4-17(12-18)25-14-26(39-34-25)20-11-10-19(13-24(20)33)38-15-21-28(35-40-29(21)16-8-9-16)27-22(31)6-3-7-23(27)32/h2-7,10-14,16H,8-9,15H2,1H3. The largest absolute Gasteiger partial charge is 0.489 e. The lowest BCUT2D eigenvalue weighted by atomic mass is 10.0. The first-order chi connectivity index (χ1) is 19.4. The molecule has 0 spiro atoms. The SMILES string of the molecule is COC(=O)c1cccc(-c2cc(-c3ccc(OCc4c(-c5c(Cl)cccc5Cl)noc4C4CC4)cc3Cl)on2)c1. The van der Waals surface area contributed by atoms with Crippen molar-refractivity contribution in [2.24, 2.45) is 0 Å². The number of ether oxygens (including phenoxy) is 2. The molecule has 1 aliphatic carbocycles. The van der Waals surface area contributed by atoms with Crippen LogP contribution in [-0.4, -0.2) is 23.4 Å². The molecule has 10 heteroatoms. The molecule has 6 rings (SSSR count). The number of methoxy groups -OCH3 is 1. The molecule has 0 unspecified atom stereocenters. The first-order valence-electron chi connectivity index (χ1n) is 12.4. The van der Waals surface area contributed by atoms with Crippen molar-refractivity contribution in [1.82, 2.24) is 10.3 Å². The van der Waals surface area contributed by atoms with Gasteiger partial charge in [-0.25, -0.2) is 4.79 Å². The average Bonchev–Trinajstić information content (AvgIpc) is 3.53. The van der Waals surface area contributed by atoms with Crippen LogP contribution >= 0.6 is 34.8 Å². The van der Waals surface area contributed by atoms with Gasteiger partial charge in [0.15, 0.2) is 5.76 Å². The molecule has 1 saturated carbocycles. The molecule has 0 bridgehead atoms. The third-order valence-corrected chi connectivity index (χ3v) is 7.59. The molecule has 0 amide bonds. The number of rotatable bonds is 8. The maximum Gasteiger partial charge on any atom is 0.337 e. The van der Waals surface area contributed by atoms with E-state index in [1.165, 1.54) is 7.11 Å². The van der Waals surface area contributed by atoms with Gasteiger partial charge in [0, 0.05) is 28.7 Å². The van der Waals surface area contributed by atoms with Gasteiger partial charge in [-0.1, -0.05) is 63.3 Å². The van der Waals surface area contributed by atoms with E-state index < -0.39 is 5.97 Å². The van der Waals surface area contributed by atoms with Gasteiger partial charge in [0.2, 0.25) is 0 Å². The van der Waals surface area contributed by atoms with E-state index in [1.807, 2.05) is 6.07 Å². The minimum absolute atomic E-state index is 0.199. The Morgan fingerprint density at radius 2 is 1.70 bits per heavy atom. The Morgan fingerprint density at radius 1 is 0.925 bits per heavy atom. The second-order valence-corrected chi connectivity index (χ2v) is 10.5. The van der Waals surface area contributed by atoms with Crippen LogP contribution in [0.4, 0.5) is 0 Å². The van der Waals surface area contributed by atoms with Crippen LogP contribution in [0.15, 0.2) is 75.8 Å². The van der Waals surface area contributed by atoms with E-state index in [-0.39, 0.29) is 6.61 Å². The van der Waals surface area contributed by atoms with E-state index in [0.29, 0.717) is 66.1 Å². The zero-order valence-electron chi connectivity index (χ0n) is 21.1. The average molecular weight is 596 g/mol. The molecule has 1 aliphatic rings. The maximum atomic E-state index is 11.9. The Bertz CT molecular complexity index is 1700. The quantitative estimate of drug-likeness (QED) is 0.166. The highest BCUT2D eigenvalue weighted by molar-refractivity contribution is 6.39. The van der Waals surface area contributed by atoms with Crippen LogP contribution in [0.25, 0.3) is 33.8 Å². The fourth-order valence-corrected chi connectivity index (χ4v) is 5.29. The Balaban J connectivity index is 1.23. The molecule has 1 fully saturated rings. The molecule has 3 aromatic carbocycles. The number of halogens is 3. The summed E-state index contributed by atoms with van der Waals surface area (Å²) in [6, 6.07) is 19.3. The topological polar surface area (TPSA) is 87.6 Å². The number of hydrogen-bond donors (Lipinski definition) is 0. The number of nitrogens with zero attached hydrogens (tertiary/aromatic N) is 2.